The molecule has 0 saturated heterocycles. The summed E-state index contributed by atoms with van der Waals surface area (Å²) in [5, 5.41) is 38.1. The average Bonchev–Trinajstić information content (AvgIpc) is 2.53. The van der Waals surface area contributed by atoms with Crippen LogP contribution in [0.15, 0.2) is 0 Å². The highest BCUT2D eigenvalue weighted by Crippen LogP contribution is 2.06. The van der Waals surface area contributed by atoms with Crippen LogP contribution in [-0.2, 0) is 19.1 Å². The summed E-state index contributed by atoms with van der Waals surface area (Å²) in [4.78, 5) is 23.1. The molecule has 0 aromatic heterocycles. The number of ether oxygens (including phenoxy) is 2. The van der Waals surface area contributed by atoms with Gasteiger partial charge in [-0.15, -0.1) is 0 Å². The maximum Gasteiger partial charge on any atom is 0.338 e. The number of hydrogen-bond acceptors (Lipinski definition) is 8. The van der Waals surface area contributed by atoms with Gasteiger partial charge in [-0.05, 0) is 12.8 Å². The molecule has 0 heterocycles. The Hall–Kier alpha value is -1.22. The van der Waals surface area contributed by atoms with Gasteiger partial charge >= 0.3 is 11.9 Å². The van der Waals surface area contributed by atoms with Crippen molar-refractivity contribution >= 4 is 11.9 Å². The molecule has 4 atom stereocenters. The van der Waals surface area contributed by atoms with Gasteiger partial charge in [0.25, 0.3) is 0 Å². The number of esters is 2. The van der Waals surface area contributed by atoms with Gasteiger partial charge in [0, 0.05) is 12.8 Å². The van der Waals surface area contributed by atoms with Crippen LogP contribution in [0.3, 0.4) is 0 Å². The minimum Gasteiger partial charge on any atom is -0.464 e. The second-order valence-corrected chi connectivity index (χ2v) is 5.69. The van der Waals surface area contributed by atoms with Gasteiger partial charge in [0.1, 0.15) is 0 Å². The minimum atomic E-state index is -2.05. The standard InChI is InChI=1S/C16H30O8/c1-3-5-11(17)7-9-23-15(21)13(19)14(20)16(22)24-10-8-12(18)6-4-2/h11-14,17-20H,3-10H2,1-2H3. The maximum absolute atomic E-state index is 11.5. The SMILES string of the molecule is CCCC(O)CCOC(=O)C(O)C(O)C(=O)OCCC(O)CCC. The quantitative estimate of drug-likeness (QED) is 0.338. The van der Waals surface area contributed by atoms with Gasteiger partial charge in [-0.1, -0.05) is 26.7 Å². The third-order valence-electron chi connectivity index (χ3n) is 3.42. The molecule has 24 heavy (non-hydrogen) atoms. The van der Waals surface area contributed by atoms with E-state index in [2.05, 4.69) is 0 Å². The Morgan fingerprint density at radius 3 is 1.33 bits per heavy atom. The first-order chi connectivity index (χ1) is 11.3. The molecule has 8 nitrogen and oxygen atoms in total. The van der Waals surface area contributed by atoms with Crippen molar-refractivity contribution in [1.82, 2.24) is 0 Å². The van der Waals surface area contributed by atoms with E-state index in [1.807, 2.05) is 13.8 Å². The van der Waals surface area contributed by atoms with Crippen molar-refractivity contribution in [2.75, 3.05) is 13.2 Å². The Kier molecular flexibility index (Phi) is 12.4. The van der Waals surface area contributed by atoms with Crippen molar-refractivity contribution in [2.45, 2.75) is 76.8 Å². The van der Waals surface area contributed by atoms with E-state index < -0.39 is 36.4 Å². The first-order valence-electron chi connectivity index (χ1n) is 8.38. The second kappa shape index (κ2) is 13.1. The monoisotopic (exact) mass is 350 g/mol. The number of hydrogen-bond donors (Lipinski definition) is 4. The van der Waals surface area contributed by atoms with Gasteiger partial charge < -0.3 is 29.9 Å². The Labute approximate surface area is 142 Å². The third-order valence-corrected chi connectivity index (χ3v) is 3.42. The van der Waals surface area contributed by atoms with Crippen LogP contribution in [0, 0.1) is 0 Å². The zero-order chi connectivity index (χ0) is 18.5. The first-order valence-corrected chi connectivity index (χ1v) is 8.38. The molecule has 0 saturated carbocycles. The maximum atomic E-state index is 11.5. The van der Waals surface area contributed by atoms with Crippen LogP contribution in [0.1, 0.15) is 52.4 Å². The van der Waals surface area contributed by atoms with Gasteiger partial charge in [-0.25, -0.2) is 9.59 Å². The van der Waals surface area contributed by atoms with Crippen LogP contribution in [0.5, 0.6) is 0 Å². The van der Waals surface area contributed by atoms with Crippen LogP contribution in [0.25, 0.3) is 0 Å². The van der Waals surface area contributed by atoms with E-state index in [9.17, 15) is 30.0 Å². The Balaban J connectivity index is 4.07. The molecule has 4 unspecified atom stereocenters. The molecular formula is C16H30O8. The Morgan fingerprint density at radius 2 is 1.04 bits per heavy atom. The van der Waals surface area contributed by atoms with Crippen LogP contribution < -0.4 is 0 Å². The normalized spacial score (nSPS) is 16.1. The summed E-state index contributed by atoms with van der Waals surface area (Å²) in [6, 6.07) is 0. The first kappa shape index (κ1) is 22.8. The van der Waals surface area contributed by atoms with Gasteiger partial charge in [0.15, 0.2) is 12.2 Å². The molecule has 142 valence electrons. The molecule has 0 aliphatic heterocycles. The molecule has 0 spiro atoms. The van der Waals surface area contributed by atoms with E-state index >= 15 is 0 Å². The Bertz CT molecular complexity index is 326. The summed E-state index contributed by atoms with van der Waals surface area (Å²) in [7, 11) is 0. The van der Waals surface area contributed by atoms with Crippen LogP contribution in [0.2, 0.25) is 0 Å². The highest BCUT2D eigenvalue weighted by Gasteiger charge is 2.33. The van der Waals surface area contributed by atoms with E-state index in [0.717, 1.165) is 12.8 Å². The summed E-state index contributed by atoms with van der Waals surface area (Å²) >= 11 is 0. The summed E-state index contributed by atoms with van der Waals surface area (Å²) in [5.41, 5.74) is 0. The van der Waals surface area contributed by atoms with Gasteiger partial charge in [-0.2, -0.15) is 0 Å². The number of aliphatic hydroxyl groups is 4. The number of aliphatic hydroxyl groups excluding tert-OH is 4. The lowest BCUT2D eigenvalue weighted by molar-refractivity contribution is -0.173. The van der Waals surface area contributed by atoms with E-state index in [0.29, 0.717) is 12.8 Å². The molecule has 0 aromatic rings. The highest BCUT2D eigenvalue weighted by atomic mass is 16.6. The van der Waals surface area contributed by atoms with Crippen molar-refractivity contribution in [2.24, 2.45) is 0 Å². The minimum absolute atomic E-state index is 0.123. The van der Waals surface area contributed by atoms with E-state index in [1.165, 1.54) is 0 Å². The Morgan fingerprint density at radius 1 is 0.708 bits per heavy atom. The molecule has 0 aliphatic rings. The molecule has 0 amide bonds. The summed E-state index contributed by atoms with van der Waals surface area (Å²) in [6.07, 6.45) is -2.19. The van der Waals surface area contributed by atoms with Crippen molar-refractivity contribution in [3.63, 3.8) is 0 Å². The summed E-state index contributed by atoms with van der Waals surface area (Å²) in [6.45, 7) is 3.56. The van der Waals surface area contributed by atoms with Gasteiger partial charge in [-0.3, -0.25) is 0 Å². The fourth-order valence-electron chi connectivity index (χ4n) is 1.97. The molecule has 0 bridgehead atoms. The average molecular weight is 350 g/mol. The predicted molar refractivity (Wildman–Crippen MR) is 85.0 cm³/mol. The molecule has 4 N–H and O–H groups in total. The van der Waals surface area contributed by atoms with Gasteiger partial charge in [0.05, 0.1) is 25.4 Å². The fraction of sp³-hybridized carbons (Fsp3) is 0.875. The van der Waals surface area contributed by atoms with Crippen molar-refractivity contribution in [1.29, 1.82) is 0 Å². The lowest BCUT2D eigenvalue weighted by atomic mass is 10.1. The molecule has 0 radical (unpaired) electrons. The van der Waals surface area contributed by atoms with Crippen molar-refractivity contribution < 1.29 is 39.5 Å². The largest absolute Gasteiger partial charge is 0.464 e. The second-order valence-electron chi connectivity index (χ2n) is 5.69. The number of carbonyl (C=O) groups excluding carboxylic acids is 2. The van der Waals surface area contributed by atoms with E-state index in [-0.39, 0.29) is 26.1 Å². The molecule has 0 fully saturated rings. The van der Waals surface area contributed by atoms with Gasteiger partial charge in [0.2, 0.25) is 0 Å². The number of carbonyl (C=O) groups is 2. The van der Waals surface area contributed by atoms with Crippen LogP contribution in [0.4, 0.5) is 0 Å². The van der Waals surface area contributed by atoms with Crippen LogP contribution in [-0.4, -0.2) is 70.0 Å². The lowest BCUT2D eigenvalue weighted by Crippen LogP contribution is -2.42. The fourth-order valence-corrected chi connectivity index (χ4v) is 1.97. The van der Waals surface area contributed by atoms with Crippen molar-refractivity contribution in [3.8, 4) is 0 Å². The number of rotatable bonds is 13. The summed E-state index contributed by atoms with van der Waals surface area (Å²) in [5.74, 6) is -2.32. The highest BCUT2D eigenvalue weighted by molar-refractivity contribution is 5.85. The van der Waals surface area contributed by atoms with E-state index in [1.54, 1.807) is 0 Å². The molecule has 0 aromatic carbocycles. The molecular weight excluding hydrogens is 320 g/mol. The third kappa shape index (κ3) is 9.82. The van der Waals surface area contributed by atoms with Crippen LogP contribution >= 0.6 is 0 Å². The smallest absolute Gasteiger partial charge is 0.338 e. The molecule has 0 rings (SSSR count). The zero-order valence-corrected chi connectivity index (χ0v) is 14.4. The van der Waals surface area contributed by atoms with E-state index in [4.69, 9.17) is 9.47 Å². The lowest BCUT2D eigenvalue weighted by Gasteiger charge is -2.17. The molecule has 0 aliphatic carbocycles. The summed E-state index contributed by atoms with van der Waals surface area (Å²) < 4.78 is 9.42. The van der Waals surface area contributed by atoms with Crippen molar-refractivity contribution in [3.05, 3.63) is 0 Å². The molecule has 8 heteroatoms. The zero-order valence-electron chi connectivity index (χ0n) is 14.4. The predicted octanol–water partition coefficient (Wildman–Crippen LogP) is -0.103. The topological polar surface area (TPSA) is 134 Å².